The van der Waals surface area contributed by atoms with Crippen LogP contribution in [0.1, 0.15) is 34.3 Å². The van der Waals surface area contributed by atoms with E-state index in [0.29, 0.717) is 17.3 Å². The van der Waals surface area contributed by atoms with Gasteiger partial charge in [-0.05, 0) is 39.0 Å². The molecule has 7 nitrogen and oxygen atoms in total. The van der Waals surface area contributed by atoms with Crippen molar-refractivity contribution in [2.75, 3.05) is 7.11 Å². The van der Waals surface area contributed by atoms with Gasteiger partial charge in [0.25, 0.3) is 0 Å². The third kappa shape index (κ3) is 3.84. The molecule has 2 rings (SSSR count). The molecule has 1 aromatic heterocycles. The Bertz CT molecular complexity index is 756. The minimum Gasteiger partial charge on any atom is -0.493 e. The first kappa shape index (κ1) is 17.3. The smallest absolute Gasteiger partial charge is 0.339 e. The maximum absolute atomic E-state index is 11.9. The van der Waals surface area contributed by atoms with Crippen molar-refractivity contribution in [3.63, 3.8) is 0 Å². The van der Waals surface area contributed by atoms with Crippen molar-refractivity contribution in [1.82, 2.24) is 5.16 Å². The molecule has 0 fully saturated rings. The van der Waals surface area contributed by atoms with Crippen molar-refractivity contribution >= 4 is 5.97 Å². The van der Waals surface area contributed by atoms with Crippen molar-refractivity contribution in [2.24, 2.45) is 0 Å². The number of carbonyl (C=O) groups is 1. The molecule has 0 saturated carbocycles. The SMILES string of the molecule is COc1cc(C(=O)O[C@H](C)C#N)ccc1OCc1c(C)noc1C. The Hall–Kier alpha value is -3.01. The van der Waals surface area contributed by atoms with Crippen LogP contribution in [-0.2, 0) is 11.3 Å². The number of hydrogen-bond donors (Lipinski definition) is 0. The summed E-state index contributed by atoms with van der Waals surface area (Å²) in [4.78, 5) is 11.9. The molecular formula is C17H18N2O5. The second-order valence-electron chi connectivity index (χ2n) is 5.13. The van der Waals surface area contributed by atoms with Crippen LogP contribution in [0.25, 0.3) is 0 Å². The van der Waals surface area contributed by atoms with Crippen LogP contribution in [0, 0.1) is 25.2 Å². The molecule has 0 amide bonds. The summed E-state index contributed by atoms with van der Waals surface area (Å²) < 4.78 is 21.1. The van der Waals surface area contributed by atoms with E-state index in [-0.39, 0.29) is 12.2 Å². The average Bonchev–Trinajstić information content (AvgIpc) is 2.90. The molecule has 0 N–H and O–H groups in total. The number of aryl methyl sites for hydroxylation is 2. The first-order valence-corrected chi connectivity index (χ1v) is 7.29. The van der Waals surface area contributed by atoms with Crippen LogP contribution in [0.15, 0.2) is 22.7 Å². The van der Waals surface area contributed by atoms with Crippen LogP contribution in [0.4, 0.5) is 0 Å². The molecule has 126 valence electrons. The maximum atomic E-state index is 11.9. The van der Waals surface area contributed by atoms with Crippen molar-refractivity contribution < 1.29 is 23.5 Å². The summed E-state index contributed by atoms with van der Waals surface area (Å²) in [5.41, 5.74) is 1.90. The minimum atomic E-state index is -0.820. The third-order valence-electron chi connectivity index (χ3n) is 3.42. The van der Waals surface area contributed by atoms with Gasteiger partial charge >= 0.3 is 5.97 Å². The molecular weight excluding hydrogens is 312 g/mol. The fourth-order valence-corrected chi connectivity index (χ4v) is 2.03. The van der Waals surface area contributed by atoms with E-state index in [1.165, 1.54) is 20.1 Å². The lowest BCUT2D eigenvalue weighted by Crippen LogP contribution is -2.13. The summed E-state index contributed by atoms with van der Waals surface area (Å²) in [6.45, 7) is 5.41. The zero-order chi connectivity index (χ0) is 17.7. The molecule has 0 aliphatic heterocycles. The van der Waals surface area contributed by atoms with Gasteiger partial charge in [-0.1, -0.05) is 5.16 Å². The van der Waals surface area contributed by atoms with Gasteiger partial charge in [0, 0.05) is 0 Å². The van der Waals surface area contributed by atoms with Gasteiger partial charge in [-0.3, -0.25) is 0 Å². The predicted octanol–water partition coefficient (Wildman–Crippen LogP) is 2.95. The second kappa shape index (κ2) is 7.51. The average molecular weight is 330 g/mol. The summed E-state index contributed by atoms with van der Waals surface area (Å²) in [6.07, 6.45) is -0.820. The maximum Gasteiger partial charge on any atom is 0.339 e. The number of nitrogens with zero attached hydrogens (tertiary/aromatic N) is 2. The number of carbonyl (C=O) groups excluding carboxylic acids is 1. The lowest BCUT2D eigenvalue weighted by Gasteiger charge is -2.12. The first-order chi connectivity index (χ1) is 11.5. The van der Waals surface area contributed by atoms with Crippen LogP contribution >= 0.6 is 0 Å². The Labute approximate surface area is 139 Å². The molecule has 7 heteroatoms. The standard InChI is InChI=1S/C17H18N2O5/c1-10(8-18)23-17(20)13-5-6-15(16(7-13)21-4)22-9-14-11(2)19-24-12(14)3/h5-7,10H,9H2,1-4H3/t10-/m1/s1. The fraction of sp³-hybridized carbons (Fsp3) is 0.353. The molecule has 1 atom stereocenters. The molecule has 1 heterocycles. The monoisotopic (exact) mass is 330 g/mol. The van der Waals surface area contributed by atoms with Gasteiger partial charge in [-0.15, -0.1) is 0 Å². The molecule has 0 aliphatic rings. The van der Waals surface area contributed by atoms with E-state index in [2.05, 4.69) is 5.16 Å². The molecule has 0 saturated heterocycles. The van der Waals surface area contributed by atoms with Gasteiger partial charge in [-0.25, -0.2) is 4.79 Å². The van der Waals surface area contributed by atoms with Crippen LogP contribution in [-0.4, -0.2) is 24.3 Å². The van der Waals surface area contributed by atoms with E-state index < -0.39 is 12.1 Å². The van der Waals surface area contributed by atoms with Crippen molar-refractivity contribution in [1.29, 1.82) is 5.26 Å². The minimum absolute atomic E-state index is 0.271. The fourth-order valence-electron chi connectivity index (χ4n) is 2.03. The molecule has 1 aromatic carbocycles. The van der Waals surface area contributed by atoms with Crippen LogP contribution in [0.2, 0.25) is 0 Å². The van der Waals surface area contributed by atoms with Crippen LogP contribution in [0.3, 0.4) is 0 Å². The second-order valence-corrected chi connectivity index (χ2v) is 5.13. The molecule has 0 unspecified atom stereocenters. The van der Waals surface area contributed by atoms with E-state index in [1.807, 2.05) is 19.9 Å². The first-order valence-electron chi connectivity index (χ1n) is 7.29. The van der Waals surface area contributed by atoms with E-state index in [1.54, 1.807) is 12.1 Å². The number of methoxy groups -OCH3 is 1. The third-order valence-corrected chi connectivity index (χ3v) is 3.42. The summed E-state index contributed by atoms with van der Waals surface area (Å²) in [5.74, 6) is 0.958. The summed E-state index contributed by atoms with van der Waals surface area (Å²) in [7, 11) is 1.48. The van der Waals surface area contributed by atoms with Gasteiger partial charge in [-0.2, -0.15) is 5.26 Å². The van der Waals surface area contributed by atoms with Gasteiger partial charge < -0.3 is 18.7 Å². The highest BCUT2D eigenvalue weighted by molar-refractivity contribution is 5.90. The summed E-state index contributed by atoms with van der Waals surface area (Å²) in [5, 5.41) is 12.6. The largest absolute Gasteiger partial charge is 0.493 e. The Morgan fingerprint density at radius 2 is 2.12 bits per heavy atom. The number of esters is 1. The zero-order valence-electron chi connectivity index (χ0n) is 14.0. The van der Waals surface area contributed by atoms with Gasteiger partial charge in [0.2, 0.25) is 0 Å². The lowest BCUT2D eigenvalue weighted by molar-refractivity contribution is 0.0435. The predicted molar refractivity (Wildman–Crippen MR) is 83.8 cm³/mol. The number of aromatic nitrogens is 1. The Morgan fingerprint density at radius 3 is 2.71 bits per heavy atom. The Balaban J connectivity index is 2.14. The number of nitriles is 1. The normalized spacial score (nSPS) is 11.5. The van der Waals surface area contributed by atoms with Crippen LogP contribution < -0.4 is 9.47 Å². The highest BCUT2D eigenvalue weighted by atomic mass is 16.5. The molecule has 0 aliphatic carbocycles. The summed E-state index contributed by atoms with van der Waals surface area (Å²) >= 11 is 0. The van der Waals surface area contributed by atoms with Crippen molar-refractivity contribution in [3.05, 3.63) is 40.8 Å². The van der Waals surface area contributed by atoms with Crippen molar-refractivity contribution in [2.45, 2.75) is 33.5 Å². The Kier molecular flexibility index (Phi) is 5.42. The molecule has 24 heavy (non-hydrogen) atoms. The highest BCUT2D eigenvalue weighted by Crippen LogP contribution is 2.29. The summed E-state index contributed by atoms with van der Waals surface area (Å²) in [6, 6.07) is 6.52. The van der Waals surface area contributed by atoms with Gasteiger partial charge in [0.15, 0.2) is 17.6 Å². The topological polar surface area (TPSA) is 94.6 Å². The molecule has 0 radical (unpaired) electrons. The van der Waals surface area contributed by atoms with E-state index in [4.69, 9.17) is 24.0 Å². The van der Waals surface area contributed by atoms with Gasteiger partial charge in [0.1, 0.15) is 18.4 Å². The number of benzene rings is 1. The number of ether oxygens (including phenoxy) is 3. The van der Waals surface area contributed by atoms with Crippen molar-refractivity contribution in [3.8, 4) is 17.6 Å². The quantitative estimate of drug-likeness (QED) is 0.751. The molecule has 2 aromatic rings. The highest BCUT2D eigenvalue weighted by Gasteiger charge is 2.16. The van der Waals surface area contributed by atoms with E-state index >= 15 is 0 Å². The molecule has 0 spiro atoms. The molecule has 0 bridgehead atoms. The van der Waals surface area contributed by atoms with Gasteiger partial charge in [0.05, 0.1) is 23.9 Å². The number of hydrogen-bond acceptors (Lipinski definition) is 7. The van der Waals surface area contributed by atoms with E-state index in [0.717, 1.165) is 11.3 Å². The van der Waals surface area contributed by atoms with Crippen LogP contribution in [0.5, 0.6) is 11.5 Å². The van der Waals surface area contributed by atoms with E-state index in [9.17, 15) is 4.79 Å². The number of rotatable bonds is 6. The zero-order valence-corrected chi connectivity index (χ0v) is 14.0. The lowest BCUT2D eigenvalue weighted by atomic mass is 10.2. The Morgan fingerprint density at radius 1 is 1.38 bits per heavy atom.